The summed E-state index contributed by atoms with van der Waals surface area (Å²) in [5.74, 6) is 0. The van der Waals surface area contributed by atoms with Crippen LogP contribution in [-0.2, 0) is 0 Å². The molecule has 1 N–H and O–H groups in total. The largest absolute Gasteiger partial charge is 0.335 e. The van der Waals surface area contributed by atoms with Gasteiger partial charge < -0.3 is 10.2 Å². The molecule has 1 saturated heterocycles. The topological polar surface area (TPSA) is 32.3 Å². The summed E-state index contributed by atoms with van der Waals surface area (Å²) in [6, 6.07) is 1.10. The second kappa shape index (κ2) is 4.92. The number of fused-ring (bicyclic) bond motifs is 2. The minimum Gasteiger partial charge on any atom is -0.335 e. The van der Waals surface area contributed by atoms with Crippen LogP contribution in [0.15, 0.2) is 0 Å². The van der Waals surface area contributed by atoms with E-state index in [9.17, 15) is 4.79 Å². The minimum atomic E-state index is 0.211. The monoisotopic (exact) mass is 278 g/mol. The van der Waals surface area contributed by atoms with Crippen molar-refractivity contribution in [2.24, 2.45) is 10.8 Å². The highest BCUT2D eigenvalue weighted by Crippen LogP contribution is 2.52. The lowest BCUT2D eigenvalue weighted by atomic mass is 9.65. The number of hydrogen-bond donors (Lipinski definition) is 1. The Bertz CT molecular complexity index is 386. The molecule has 0 aromatic rings. The molecule has 3 rings (SSSR count). The van der Waals surface area contributed by atoms with E-state index in [0.717, 1.165) is 6.54 Å². The molecule has 20 heavy (non-hydrogen) atoms. The SMILES string of the molecule is CC1(C)C[C@H]2C[C@@](C)(CN2C(=O)NC2CCCCC2)C1. The van der Waals surface area contributed by atoms with Crippen LogP contribution in [0, 0.1) is 10.8 Å². The van der Waals surface area contributed by atoms with Gasteiger partial charge in [-0.2, -0.15) is 0 Å². The van der Waals surface area contributed by atoms with Gasteiger partial charge in [0.05, 0.1) is 0 Å². The smallest absolute Gasteiger partial charge is 0.317 e. The summed E-state index contributed by atoms with van der Waals surface area (Å²) < 4.78 is 0. The zero-order valence-corrected chi connectivity index (χ0v) is 13.4. The van der Waals surface area contributed by atoms with E-state index in [-0.39, 0.29) is 6.03 Å². The maximum absolute atomic E-state index is 12.6. The fourth-order valence-electron chi connectivity index (χ4n) is 5.20. The van der Waals surface area contributed by atoms with Crippen molar-refractivity contribution in [1.29, 1.82) is 0 Å². The zero-order chi connectivity index (χ0) is 14.4. The van der Waals surface area contributed by atoms with Gasteiger partial charge in [0, 0.05) is 18.6 Å². The third kappa shape index (κ3) is 2.82. The molecule has 2 atom stereocenters. The summed E-state index contributed by atoms with van der Waals surface area (Å²) in [5, 5.41) is 3.30. The average molecular weight is 278 g/mol. The van der Waals surface area contributed by atoms with Gasteiger partial charge in [0.15, 0.2) is 0 Å². The fraction of sp³-hybridized carbons (Fsp3) is 0.941. The number of amides is 2. The highest BCUT2D eigenvalue weighted by atomic mass is 16.2. The molecule has 3 aliphatic rings. The van der Waals surface area contributed by atoms with Crippen molar-refractivity contribution in [2.75, 3.05) is 6.54 Å². The van der Waals surface area contributed by atoms with Gasteiger partial charge in [0.25, 0.3) is 0 Å². The van der Waals surface area contributed by atoms with Crippen molar-refractivity contribution in [3.63, 3.8) is 0 Å². The van der Waals surface area contributed by atoms with Gasteiger partial charge in [-0.25, -0.2) is 4.79 Å². The van der Waals surface area contributed by atoms with E-state index in [1.165, 1.54) is 51.4 Å². The molecule has 1 aliphatic heterocycles. The van der Waals surface area contributed by atoms with Crippen molar-refractivity contribution >= 4 is 6.03 Å². The van der Waals surface area contributed by atoms with E-state index in [4.69, 9.17) is 0 Å². The van der Waals surface area contributed by atoms with Crippen molar-refractivity contribution in [1.82, 2.24) is 10.2 Å². The lowest BCUT2D eigenvalue weighted by Crippen LogP contribution is -2.47. The molecule has 3 heteroatoms. The third-order valence-corrected chi connectivity index (χ3v) is 5.61. The molecular formula is C17H30N2O. The van der Waals surface area contributed by atoms with E-state index >= 15 is 0 Å². The van der Waals surface area contributed by atoms with Crippen molar-refractivity contribution in [3.05, 3.63) is 0 Å². The van der Waals surface area contributed by atoms with Gasteiger partial charge in [-0.3, -0.25) is 0 Å². The Morgan fingerprint density at radius 1 is 1.10 bits per heavy atom. The zero-order valence-electron chi connectivity index (χ0n) is 13.4. The van der Waals surface area contributed by atoms with Crippen molar-refractivity contribution in [2.45, 2.75) is 84.2 Å². The molecule has 0 unspecified atom stereocenters. The third-order valence-electron chi connectivity index (χ3n) is 5.61. The van der Waals surface area contributed by atoms with Gasteiger partial charge in [0.2, 0.25) is 0 Å². The number of likely N-dealkylation sites (tertiary alicyclic amines) is 1. The van der Waals surface area contributed by atoms with Crippen molar-refractivity contribution < 1.29 is 4.79 Å². The standard InChI is InChI=1S/C17H30N2O/c1-16(2)9-14-10-17(3,11-16)12-19(14)15(20)18-13-7-5-4-6-8-13/h13-14H,4-12H2,1-3H3,(H,18,20)/t14-,17+/m0/s1. The Morgan fingerprint density at radius 3 is 2.50 bits per heavy atom. The highest BCUT2D eigenvalue weighted by Gasteiger charge is 2.51. The number of urea groups is 1. The van der Waals surface area contributed by atoms with Crippen LogP contribution in [0.25, 0.3) is 0 Å². The number of carbonyl (C=O) groups excluding carboxylic acids is 1. The lowest BCUT2D eigenvalue weighted by molar-refractivity contribution is 0.128. The second-order valence-electron chi connectivity index (χ2n) is 8.63. The van der Waals surface area contributed by atoms with Crippen LogP contribution in [0.4, 0.5) is 4.79 Å². The number of nitrogens with zero attached hydrogens (tertiary/aromatic N) is 1. The van der Waals surface area contributed by atoms with Crippen LogP contribution in [-0.4, -0.2) is 29.6 Å². The summed E-state index contributed by atoms with van der Waals surface area (Å²) in [7, 11) is 0. The number of nitrogens with one attached hydrogen (secondary N) is 1. The molecule has 2 amide bonds. The first-order valence-electron chi connectivity index (χ1n) is 8.44. The van der Waals surface area contributed by atoms with Crippen LogP contribution in [0.1, 0.15) is 72.1 Å². The van der Waals surface area contributed by atoms with Gasteiger partial charge in [-0.15, -0.1) is 0 Å². The maximum atomic E-state index is 12.6. The number of carbonyl (C=O) groups is 1. The number of hydrogen-bond acceptors (Lipinski definition) is 1. The molecule has 3 nitrogen and oxygen atoms in total. The molecule has 1 heterocycles. The van der Waals surface area contributed by atoms with E-state index < -0.39 is 0 Å². The summed E-state index contributed by atoms with van der Waals surface area (Å²) in [6.45, 7) is 8.05. The molecule has 2 aliphatic carbocycles. The first-order valence-corrected chi connectivity index (χ1v) is 8.44. The summed E-state index contributed by atoms with van der Waals surface area (Å²) in [4.78, 5) is 14.8. The van der Waals surface area contributed by atoms with Gasteiger partial charge in [-0.05, 0) is 42.9 Å². The maximum Gasteiger partial charge on any atom is 0.317 e. The first kappa shape index (κ1) is 14.2. The molecule has 3 fully saturated rings. The summed E-state index contributed by atoms with van der Waals surface area (Å²) in [5.41, 5.74) is 0.730. The lowest BCUT2D eigenvalue weighted by Gasteiger charge is -2.39. The summed E-state index contributed by atoms with van der Waals surface area (Å²) >= 11 is 0. The van der Waals surface area contributed by atoms with Crippen LogP contribution < -0.4 is 5.32 Å². The minimum absolute atomic E-state index is 0.211. The summed E-state index contributed by atoms with van der Waals surface area (Å²) in [6.07, 6.45) is 9.86. The quantitative estimate of drug-likeness (QED) is 0.774. The van der Waals surface area contributed by atoms with Crippen molar-refractivity contribution in [3.8, 4) is 0 Å². The molecule has 0 aromatic carbocycles. The molecular weight excluding hydrogens is 248 g/mol. The Balaban J connectivity index is 1.64. The Labute approximate surface area is 123 Å². The van der Waals surface area contributed by atoms with Crippen LogP contribution in [0.5, 0.6) is 0 Å². The van der Waals surface area contributed by atoms with E-state index in [2.05, 4.69) is 31.0 Å². The van der Waals surface area contributed by atoms with Gasteiger partial charge in [0.1, 0.15) is 0 Å². The Hall–Kier alpha value is -0.730. The van der Waals surface area contributed by atoms with Gasteiger partial charge in [-0.1, -0.05) is 40.0 Å². The molecule has 114 valence electrons. The molecule has 0 spiro atoms. The van der Waals surface area contributed by atoms with Crippen LogP contribution in [0.3, 0.4) is 0 Å². The predicted molar refractivity (Wildman–Crippen MR) is 81.6 cm³/mol. The Kier molecular flexibility index (Phi) is 3.50. The van der Waals surface area contributed by atoms with E-state index in [1.54, 1.807) is 0 Å². The normalized spacial score (nSPS) is 37.0. The van der Waals surface area contributed by atoms with Gasteiger partial charge >= 0.3 is 6.03 Å². The molecule has 2 bridgehead atoms. The molecule has 2 saturated carbocycles. The molecule has 0 aromatic heterocycles. The first-order chi connectivity index (χ1) is 9.37. The van der Waals surface area contributed by atoms with E-state index in [1.807, 2.05) is 0 Å². The van der Waals surface area contributed by atoms with Crippen LogP contribution >= 0.6 is 0 Å². The molecule has 0 radical (unpaired) electrons. The Morgan fingerprint density at radius 2 is 1.80 bits per heavy atom. The second-order valence-corrected chi connectivity index (χ2v) is 8.63. The predicted octanol–water partition coefficient (Wildman–Crippen LogP) is 3.93. The van der Waals surface area contributed by atoms with Crippen LogP contribution in [0.2, 0.25) is 0 Å². The number of rotatable bonds is 1. The fourth-order valence-corrected chi connectivity index (χ4v) is 5.20. The average Bonchev–Trinajstić information content (AvgIpc) is 2.60. The van der Waals surface area contributed by atoms with E-state index in [0.29, 0.717) is 22.9 Å². The highest BCUT2D eigenvalue weighted by molar-refractivity contribution is 5.75.